The molecular weight excluding hydrogens is 422 g/mol. The van der Waals surface area contributed by atoms with Gasteiger partial charge in [-0.3, -0.25) is 10.2 Å². The van der Waals surface area contributed by atoms with E-state index < -0.39 is 5.92 Å². The fourth-order valence-corrected chi connectivity index (χ4v) is 4.41. The van der Waals surface area contributed by atoms with E-state index >= 15 is 0 Å². The van der Waals surface area contributed by atoms with Gasteiger partial charge in [0.25, 0.3) is 5.91 Å². The molecule has 0 radical (unpaired) electrons. The molecular formula is C26H30F2N4O. The van der Waals surface area contributed by atoms with Crippen LogP contribution in [0, 0.1) is 5.41 Å². The number of amides is 1. The number of aromatic nitrogens is 1. The fourth-order valence-electron chi connectivity index (χ4n) is 4.41. The van der Waals surface area contributed by atoms with Gasteiger partial charge in [0.15, 0.2) is 0 Å². The van der Waals surface area contributed by atoms with Crippen LogP contribution in [-0.4, -0.2) is 28.3 Å². The molecule has 5 nitrogen and oxygen atoms in total. The van der Waals surface area contributed by atoms with Crippen LogP contribution in [0.25, 0.3) is 10.9 Å². The van der Waals surface area contributed by atoms with Gasteiger partial charge >= 0.3 is 0 Å². The molecule has 33 heavy (non-hydrogen) atoms. The number of hydrogen-bond acceptors (Lipinski definition) is 2. The Kier molecular flexibility index (Phi) is 6.23. The van der Waals surface area contributed by atoms with Crippen molar-refractivity contribution in [3.05, 3.63) is 70.9 Å². The van der Waals surface area contributed by atoms with Gasteiger partial charge in [-0.1, -0.05) is 50.2 Å². The zero-order chi connectivity index (χ0) is 23.8. The maximum absolute atomic E-state index is 13.5. The van der Waals surface area contributed by atoms with Crippen molar-refractivity contribution < 1.29 is 13.6 Å². The summed E-state index contributed by atoms with van der Waals surface area (Å²) in [5.74, 6) is -2.53. The van der Waals surface area contributed by atoms with E-state index in [-0.39, 0.29) is 43.5 Å². The Hall–Kier alpha value is -3.22. The number of fused-ring (bicyclic) bond motifs is 1. The van der Waals surface area contributed by atoms with Crippen LogP contribution in [0.4, 0.5) is 8.78 Å². The second-order valence-electron chi connectivity index (χ2n) is 9.30. The zero-order valence-corrected chi connectivity index (χ0v) is 19.0. The highest BCUT2D eigenvalue weighted by Gasteiger charge is 2.35. The first kappa shape index (κ1) is 23.0. The molecule has 1 aliphatic carbocycles. The Labute approximate surface area is 192 Å². The maximum atomic E-state index is 13.5. The average Bonchev–Trinajstić information content (AvgIpc) is 3.13. The smallest absolute Gasteiger partial charge is 0.268 e. The third-order valence-corrected chi connectivity index (χ3v) is 6.49. The zero-order valence-electron chi connectivity index (χ0n) is 19.0. The monoisotopic (exact) mass is 452 g/mol. The van der Waals surface area contributed by atoms with Crippen molar-refractivity contribution in [2.75, 3.05) is 0 Å². The largest absolute Gasteiger partial charge is 0.384 e. The van der Waals surface area contributed by atoms with Gasteiger partial charge in [0, 0.05) is 41.9 Å². The third kappa shape index (κ3) is 5.07. The summed E-state index contributed by atoms with van der Waals surface area (Å²) >= 11 is 0. The lowest BCUT2D eigenvalue weighted by atomic mass is 9.92. The number of rotatable bonds is 6. The average molecular weight is 453 g/mol. The highest BCUT2D eigenvalue weighted by Crippen LogP contribution is 2.33. The summed E-state index contributed by atoms with van der Waals surface area (Å²) in [5.41, 5.74) is 9.83. The molecule has 0 atom stereocenters. The number of amidine groups is 1. The van der Waals surface area contributed by atoms with E-state index in [1.807, 2.05) is 22.8 Å². The molecule has 174 valence electrons. The van der Waals surface area contributed by atoms with Gasteiger partial charge in [0.2, 0.25) is 5.92 Å². The number of nitrogens with two attached hydrogens (primary N) is 1. The molecule has 1 aliphatic rings. The standard InChI is InChI=1S/C26H30F2N4O/c1-16(2)18-5-3-17(4-6-18)15-32-22-14-20(24(29)30)8-7-19(22)13-23(32)25(33)31-21-9-11-26(27,28)12-10-21/h3-8,13-14,16,21H,9-12,15H2,1-2H3,(H3,29,30)(H,31,33). The molecule has 1 saturated carbocycles. The Balaban J connectivity index is 1.67. The van der Waals surface area contributed by atoms with Crippen molar-refractivity contribution in [3.8, 4) is 0 Å². The predicted octanol–water partition coefficient (Wildman–Crippen LogP) is 5.40. The van der Waals surface area contributed by atoms with E-state index in [4.69, 9.17) is 11.1 Å². The normalized spacial score (nSPS) is 16.3. The number of nitrogen functional groups attached to an aromatic ring is 1. The molecule has 1 aromatic heterocycles. The van der Waals surface area contributed by atoms with Gasteiger partial charge in [-0.05, 0) is 42.0 Å². The molecule has 0 aliphatic heterocycles. The molecule has 1 heterocycles. The van der Waals surface area contributed by atoms with E-state index in [1.54, 1.807) is 6.07 Å². The van der Waals surface area contributed by atoms with Gasteiger partial charge in [-0.15, -0.1) is 0 Å². The van der Waals surface area contributed by atoms with Crippen molar-refractivity contribution in [1.82, 2.24) is 9.88 Å². The summed E-state index contributed by atoms with van der Waals surface area (Å²) < 4.78 is 29.0. The minimum absolute atomic E-state index is 0.0416. The molecule has 2 aromatic carbocycles. The van der Waals surface area contributed by atoms with Crippen LogP contribution in [0.2, 0.25) is 0 Å². The van der Waals surface area contributed by atoms with E-state index in [1.165, 1.54) is 5.56 Å². The molecule has 0 bridgehead atoms. The van der Waals surface area contributed by atoms with Crippen LogP contribution in [0.5, 0.6) is 0 Å². The number of halogens is 2. The molecule has 4 N–H and O–H groups in total. The van der Waals surface area contributed by atoms with Gasteiger partial charge in [-0.25, -0.2) is 8.78 Å². The Morgan fingerprint density at radius 1 is 1.15 bits per heavy atom. The third-order valence-electron chi connectivity index (χ3n) is 6.49. The quantitative estimate of drug-likeness (QED) is 0.345. The lowest BCUT2D eigenvalue weighted by molar-refractivity contribution is -0.0399. The van der Waals surface area contributed by atoms with Gasteiger partial charge in [-0.2, -0.15) is 0 Å². The maximum Gasteiger partial charge on any atom is 0.268 e. The van der Waals surface area contributed by atoms with E-state index in [9.17, 15) is 13.6 Å². The number of nitrogens with one attached hydrogen (secondary N) is 2. The summed E-state index contributed by atoms with van der Waals surface area (Å²) in [6, 6.07) is 15.3. The SMILES string of the molecule is CC(C)c1ccc(Cn2c(C(=O)NC3CCC(F)(F)CC3)cc3ccc(C(=N)N)cc32)cc1. The molecule has 4 rings (SSSR count). The number of benzene rings is 2. The van der Waals surface area contributed by atoms with Crippen LogP contribution in [0.1, 0.15) is 72.6 Å². The molecule has 0 spiro atoms. The Bertz CT molecular complexity index is 1170. The van der Waals surface area contributed by atoms with Crippen molar-refractivity contribution in [3.63, 3.8) is 0 Å². The minimum Gasteiger partial charge on any atom is -0.384 e. The molecule has 1 amide bonds. The Morgan fingerprint density at radius 2 is 1.82 bits per heavy atom. The number of alkyl halides is 2. The van der Waals surface area contributed by atoms with Gasteiger partial charge < -0.3 is 15.6 Å². The highest BCUT2D eigenvalue weighted by molar-refractivity contribution is 6.02. The van der Waals surface area contributed by atoms with Crippen LogP contribution in [0.3, 0.4) is 0 Å². The first-order valence-corrected chi connectivity index (χ1v) is 11.4. The first-order chi connectivity index (χ1) is 15.6. The van der Waals surface area contributed by atoms with Crippen LogP contribution >= 0.6 is 0 Å². The summed E-state index contributed by atoms with van der Waals surface area (Å²) in [5, 5.41) is 11.6. The van der Waals surface area contributed by atoms with Crippen molar-refractivity contribution in [2.24, 2.45) is 5.73 Å². The summed E-state index contributed by atoms with van der Waals surface area (Å²) in [7, 11) is 0. The number of nitrogens with zero attached hydrogens (tertiary/aromatic N) is 1. The number of hydrogen-bond donors (Lipinski definition) is 3. The predicted molar refractivity (Wildman–Crippen MR) is 127 cm³/mol. The molecule has 3 aromatic rings. The minimum atomic E-state index is -2.64. The molecule has 7 heteroatoms. The van der Waals surface area contributed by atoms with Crippen LogP contribution in [0.15, 0.2) is 48.5 Å². The summed E-state index contributed by atoms with van der Waals surface area (Å²) in [6.07, 6.45) is 0.129. The van der Waals surface area contributed by atoms with Gasteiger partial charge in [0.05, 0.1) is 0 Å². The van der Waals surface area contributed by atoms with E-state index in [0.717, 1.165) is 16.5 Å². The van der Waals surface area contributed by atoms with Crippen molar-refractivity contribution in [1.29, 1.82) is 5.41 Å². The first-order valence-electron chi connectivity index (χ1n) is 11.4. The molecule has 1 fully saturated rings. The summed E-state index contributed by atoms with van der Waals surface area (Å²) in [4.78, 5) is 13.2. The van der Waals surface area contributed by atoms with Gasteiger partial charge in [0.1, 0.15) is 11.5 Å². The van der Waals surface area contributed by atoms with Crippen LogP contribution < -0.4 is 11.1 Å². The lowest BCUT2D eigenvalue weighted by Gasteiger charge is -2.28. The Morgan fingerprint density at radius 3 is 2.42 bits per heavy atom. The van der Waals surface area contributed by atoms with Crippen LogP contribution in [-0.2, 0) is 6.54 Å². The molecule has 0 unspecified atom stereocenters. The second-order valence-corrected chi connectivity index (χ2v) is 9.30. The van der Waals surface area contributed by atoms with Crippen molar-refractivity contribution >= 4 is 22.6 Å². The highest BCUT2D eigenvalue weighted by atomic mass is 19.3. The second kappa shape index (κ2) is 8.96. The van der Waals surface area contributed by atoms with Crippen molar-refractivity contribution in [2.45, 2.75) is 64.0 Å². The number of carbonyl (C=O) groups excluding carboxylic acids is 1. The summed E-state index contributed by atoms with van der Waals surface area (Å²) in [6.45, 7) is 4.75. The topological polar surface area (TPSA) is 83.9 Å². The van der Waals surface area contributed by atoms with E-state index in [0.29, 0.717) is 23.7 Å². The van der Waals surface area contributed by atoms with E-state index in [2.05, 4.69) is 43.4 Å². The molecule has 0 saturated heterocycles. The lowest BCUT2D eigenvalue weighted by Crippen LogP contribution is -2.40. The number of carbonyl (C=O) groups is 1. The fraction of sp³-hybridized carbons (Fsp3) is 0.385.